The van der Waals surface area contributed by atoms with Gasteiger partial charge < -0.3 is 10.2 Å². The van der Waals surface area contributed by atoms with E-state index in [9.17, 15) is 18.0 Å². The van der Waals surface area contributed by atoms with Gasteiger partial charge in [0, 0.05) is 12.5 Å². The number of carbonyl (C=O) groups is 1. The molecule has 1 aromatic heterocycles. The number of amides is 1. The lowest BCUT2D eigenvalue weighted by molar-refractivity contribution is -0.144. The summed E-state index contributed by atoms with van der Waals surface area (Å²) in [4.78, 5) is 17.3. The molecule has 1 fully saturated rings. The fraction of sp³-hybridized carbons (Fsp3) is 0.769. The van der Waals surface area contributed by atoms with Crippen molar-refractivity contribution in [2.75, 3.05) is 13.6 Å². The Morgan fingerprint density at radius 1 is 1.45 bits per heavy atom. The molecule has 0 spiro atoms. The van der Waals surface area contributed by atoms with Crippen LogP contribution in [0.15, 0.2) is 0 Å². The number of piperidine rings is 1. The first-order valence-electron chi connectivity index (χ1n) is 7.31. The van der Waals surface area contributed by atoms with Gasteiger partial charge in [0.15, 0.2) is 0 Å². The van der Waals surface area contributed by atoms with Crippen LogP contribution in [0, 0.1) is 0 Å². The van der Waals surface area contributed by atoms with Gasteiger partial charge in [-0.15, -0.1) is 5.10 Å². The predicted octanol–water partition coefficient (Wildman–Crippen LogP) is 1.70. The molecule has 2 N–H and O–H groups in total. The van der Waals surface area contributed by atoms with Gasteiger partial charge in [0.05, 0.1) is 6.54 Å². The van der Waals surface area contributed by atoms with Crippen LogP contribution >= 0.6 is 0 Å². The third-order valence-electron chi connectivity index (χ3n) is 3.86. The second-order valence-electron chi connectivity index (χ2n) is 5.55. The number of nitrogens with zero attached hydrogens (tertiary/aromatic N) is 3. The number of hydrogen-bond acceptors (Lipinski definition) is 4. The van der Waals surface area contributed by atoms with Crippen molar-refractivity contribution in [3.63, 3.8) is 0 Å². The number of carbonyl (C=O) groups excluding carboxylic acids is 1. The maximum atomic E-state index is 12.3. The molecule has 1 aliphatic rings. The molecule has 2 rings (SSSR count). The fourth-order valence-electron chi connectivity index (χ4n) is 2.58. The van der Waals surface area contributed by atoms with Crippen LogP contribution in [0.4, 0.5) is 13.2 Å². The maximum Gasteiger partial charge on any atom is 0.453 e. The number of halogens is 3. The Hall–Kier alpha value is -1.64. The average molecular weight is 319 g/mol. The van der Waals surface area contributed by atoms with E-state index in [4.69, 9.17) is 0 Å². The molecule has 6 nitrogen and oxygen atoms in total. The standard InChI is InChI=1S/C13H20F3N5O/c1-21-7-3-2-4-9(21)5-6-11(22)17-8-10-18-12(20-19-10)13(14,15)16/h9H,2-8H2,1H3,(H,17,22)(H,18,19,20)/t9-/m1/s1. The Balaban J connectivity index is 1.72. The van der Waals surface area contributed by atoms with Crippen molar-refractivity contribution in [3.8, 4) is 0 Å². The highest BCUT2D eigenvalue weighted by atomic mass is 19.4. The van der Waals surface area contributed by atoms with E-state index in [0.717, 1.165) is 19.4 Å². The van der Waals surface area contributed by atoms with E-state index >= 15 is 0 Å². The number of likely N-dealkylation sites (tertiary alicyclic amines) is 1. The van der Waals surface area contributed by atoms with Crippen molar-refractivity contribution in [2.24, 2.45) is 0 Å². The monoisotopic (exact) mass is 319 g/mol. The molecule has 1 aliphatic heterocycles. The van der Waals surface area contributed by atoms with Crippen LogP contribution in [0.5, 0.6) is 0 Å². The minimum absolute atomic E-state index is 0.00420. The first kappa shape index (κ1) is 16.7. The van der Waals surface area contributed by atoms with Crippen molar-refractivity contribution in [1.29, 1.82) is 0 Å². The number of hydrogen-bond donors (Lipinski definition) is 2. The third-order valence-corrected chi connectivity index (χ3v) is 3.86. The van der Waals surface area contributed by atoms with Gasteiger partial charge in [0.2, 0.25) is 5.91 Å². The Labute approximate surface area is 126 Å². The third kappa shape index (κ3) is 4.69. The molecule has 1 saturated heterocycles. The Kier molecular flexibility index (Phi) is 5.38. The van der Waals surface area contributed by atoms with E-state index in [0.29, 0.717) is 12.5 Å². The summed E-state index contributed by atoms with van der Waals surface area (Å²) in [7, 11) is 2.05. The maximum absolute atomic E-state index is 12.3. The van der Waals surface area contributed by atoms with Gasteiger partial charge in [-0.2, -0.15) is 13.2 Å². The molecule has 2 heterocycles. The Bertz CT molecular complexity index is 502. The number of alkyl halides is 3. The van der Waals surface area contributed by atoms with Gasteiger partial charge in [0.25, 0.3) is 5.82 Å². The second-order valence-corrected chi connectivity index (χ2v) is 5.55. The van der Waals surface area contributed by atoms with Crippen LogP contribution in [-0.2, 0) is 17.5 Å². The van der Waals surface area contributed by atoms with Crippen molar-refractivity contribution in [1.82, 2.24) is 25.4 Å². The van der Waals surface area contributed by atoms with E-state index in [1.165, 1.54) is 12.8 Å². The summed E-state index contributed by atoms with van der Waals surface area (Å²) in [6.45, 7) is 0.965. The zero-order chi connectivity index (χ0) is 16.2. The molecular weight excluding hydrogens is 299 g/mol. The summed E-state index contributed by atoms with van der Waals surface area (Å²) in [6, 6.07) is 0.404. The lowest BCUT2D eigenvalue weighted by Gasteiger charge is -2.32. The summed E-state index contributed by atoms with van der Waals surface area (Å²) in [5, 5.41) is 7.81. The molecule has 1 aromatic rings. The highest BCUT2D eigenvalue weighted by Gasteiger charge is 2.36. The first-order valence-corrected chi connectivity index (χ1v) is 7.31. The number of aromatic nitrogens is 3. The van der Waals surface area contributed by atoms with Crippen molar-refractivity contribution >= 4 is 5.91 Å². The van der Waals surface area contributed by atoms with E-state index in [1.54, 1.807) is 0 Å². The summed E-state index contributed by atoms with van der Waals surface area (Å²) < 4.78 is 37.0. The van der Waals surface area contributed by atoms with Crippen LogP contribution in [-0.4, -0.2) is 45.6 Å². The zero-order valence-electron chi connectivity index (χ0n) is 12.4. The second kappa shape index (κ2) is 7.08. The van der Waals surface area contributed by atoms with Gasteiger partial charge in [-0.25, -0.2) is 4.98 Å². The molecule has 0 aromatic carbocycles. The van der Waals surface area contributed by atoms with E-state index in [-0.39, 0.29) is 18.3 Å². The normalized spacial score (nSPS) is 20.1. The average Bonchev–Trinajstić information content (AvgIpc) is 2.93. The van der Waals surface area contributed by atoms with Crippen LogP contribution in [0.2, 0.25) is 0 Å². The number of H-pyrrole nitrogens is 1. The van der Waals surface area contributed by atoms with Crippen LogP contribution in [0.3, 0.4) is 0 Å². The molecule has 0 saturated carbocycles. The van der Waals surface area contributed by atoms with Crippen LogP contribution in [0.25, 0.3) is 0 Å². The quantitative estimate of drug-likeness (QED) is 0.866. The lowest BCUT2D eigenvalue weighted by Crippen LogP contribution is -2.37. The summed E-state index contributed by atoms with van der Waals surface area (Å²) in [5.74, 6) is -1.42. The molecule has 0 bridgehead atoms. The van der Waals surface area contributed by atoms with Gasteiger partial charge in [-0.3, -0.25) is 9.89 Å². The van der Waals surface area contributed by atoms with Crippen LogP contribution in [0.1, 0.15) is 43.8 Å². The summed E-state index contributed by atoms with van der Waals surface area (Å²) in [5.41, 5.74) is 0. The molecule has 22 heavy (non-hydrogen) atoms. The molecular formula is C13H20F3N5O. The largest absolute Gasteiger partial charge is 0.453 e. The van der Waals surface area contributed by atoms with E-state index < -0.39 is 12.0 Å². The fourth-order valence-corrected chi connectivity index (χ4v) is 2.58. The smallest absolute Gasteiger partial charge is 0.349 e. The molecule has 1 atom stereocenters. The minimum Gasteiger partial charge on any atom is -0.349 e. The van der Waals surface area contributed by atoms with Gasteiger partial charge >= 0.3 is 6.18 Å². The van der Waals surface area contributed by atoms with Gasteiger partial charge in [-0.05, 0) is 32.9 Å². The van der Waals surface area contributed by atoms with Crippen molar-refractivity contribution in [3.05, 3.63) is 11.6 Å². The zero-order valence-corrected chi connectivity index (χ0v) is 12.4. The Morgan fingerprint density at radius 3 is 2.86 bits per heavy atom. The van der Waals surface area contributed by atoms with Crippen molar-refractivity contribution in [2.45, 2.75) is 50.9 Å². The molecule has 0 aliphatic carbocycles. The SMILES string of the molecule is CN1CCCC[C@@H]1CCC(=O)NCc1nc(C(F)(F)F)n[nH]1. The molecule has 1 amide bonds. The summed E-state index contributed by atoms with van der Waals surface area (Å²) >= 11 is 0. The van der Waals surface area contributed by atoms with Crippen molar-refractivity contribution < 1.29 is 18.0 Å². The molecule has 9 heteroatoms. The number of rotatable bonds is 5. The lowest BCUT2D eigenvalue weighted by atomic mass is 9.98. The minimum atomic E-state index is -4.58. The highest BCUT2D eigenvalue weighted by molar-refractivity contribution is 5.75. The van der Waals surface area contributed by atoms with E-state index in [2.05, 4.69) is 32.4 Å². The number of nitrogens with one attached hydrogen (secondary N) is 2. The summed E-state index contributed by atoms with van der Waals surface area (Å²) in [6.07, 6.45) is -0.0197. The Morgan fingerprint density at radius 2 is 2.23 bits per heavy atom. The first-order chi connectivity index (χ1) is 10.4. The highest BCUT2D eigenvalue weighted by Crippen LogP contribution is 2.25. The van der Waals surface area contributed by atoms with Gasteiger partial charge in [0.1, 0.15) is 5.82 Å². The topological polar surface area (TPSA) is 73.9 Å². The molecule has 0 radical (unpaired) electrons. The molecule has 0 unspecified atom stereocenters. The van der Waals surface area contributed by atoms with Gasteiger partial charge in [-0.1, -0.05) is 6.42 Å². The number of aromatic amines is 1. The molecule has 124 valence electrons. The predicted molar refractivity (Wildman–Crippen MR) is 72.7 cm³/mol. The van der Waals surface area contributed by atoms with Crippen LogP contribution < -0.4 is 5.32 Å². The van der Waals surface area contributed by atoms with E-state index in [1.807, 2.05) is 0 Å².